The molecule has 9 N–H and O–H groups in total. The van der Waals surface area contributed by atoms with Crippen molar-refractivity contribution in [3.8, 4) is 0 Å². The van der Waals surface area contributed by atoms with E-state index in [0.717, 1.165) is 5.56 Å². The summed E-state index contributed by atoms with van der Waals surface area (Å²) in [5, 5.41) is 16.4. The molecule has 3 saturated heterocycles. The van der Waals surface area contributed by atoms with Gasteiger partial charge in [0.1, 0.15) is 24.7 Å². The number of nitrogens with one attached hydrogen (secondary N) is 5. The van der Waals surface area contributed by atoms with Crippen LogP contribution in [0.4, 0.5) is 19.2 Å². The molecule has 3 heterocycles. The number of hydrogen-bond acceptors (Lipinski definition) is 14. The molecule has 58 heavy (non-hydrogen) atoms. The first-order chi connectivity index (χ1) is 27.2. The van der Waals surface area contributed by atoms with Crippen LogP contribution >= 0.6 is 0 Å². The fourth-order valence-electron chi connectivity index (χ4n) is 5.27. The Bertz CT molecular complexity index is 2190. The Labute approximate surface area is 329 Å². The summed E-state index contributed by atoms with van der Waals surface area (Å²) in [5.41, 5.74) is 1.09. The van der Waals surface area contributed by atoms with E-state index in [1.165, 1.54) is 26.5 Å². The summed E-state index contributed by atoms with van der Waals surface area (Å²) in [7, 11) is -8.64. The summed E-state index contributed by atoms with van der Waals surface area (Å²) >= 11 is 0. The quantitative estimate of drug-likeness (QED) is 0.0898. The molecule has 2 aromatic rings. The van der Waals surface area contributed by atoms with Crippen LogP contribution in [-0.2, 0) is 55.7 Å². The molecule has 5 rings (SSSR count). The Hall–Kier alpha value is -6.71. The molecule has 0 spiro atoms. The Morgan fingerprint density at radius 2 is 1.21 bits per heavy atom. The monoisotopic (exact) mass is 851 g/mol. The van der Waals surface area contributed by atoms with Crippen molar-refractivity contribution in [2.75, 3.05) is 32.7 Å². The Morgan fingerprint density at radius 3 is 1.69 bits per heavy atom. The van der Waals surface area contributed by atoms with E-state index < -0.39 is 92.3 Å². The van der Waals surface area contributed by atoms with Crippen molar-refractivity contribution in [1.82, 2.24) is 45.0 Å². The van der Waals surface area contributed by atoms with Crippen molar-refractivity contribution >= 4 is 74.1 Å². The highest BCUT2D eigenvalue weighted by molar-refractivity contribution is 7.88. The van der Waals surface area contributed by atoms with Gasteiger partial charge in [0.15, 0.2) is 0 Å². The third-order valence-electron chi connectivity index (χ3n) is 8.23. The summed E-state index contributed by atoms with van der Waals surface area (Å²) in [5.74, 6) is -4.36. The maximum Gasteiger partial charge on any atom is 0.408 e. The molecule has 1 unspecified atom stereocenters. The molecule has 0 aliphatic carbocycles. The molecule has 3 atom stereocenters. The fraction of sp³-hybridized carbons (Fsp3) is 0.323. The maximum atomic E-state index is 13.0. The Kier molecular flexibility index (Phi) is 14.0. The number of ether oxygens (including phenoxy) is 1. The van der Waals surface area contributed by atoms with Gasteiger partial charge in [0.25, 0.3) is 32.2 Å². The van der Waals surface area contributed by atoms with E-state index in [0.29, 0.717) is 26.8 Å². The van der Waals surface area contributed by atoms with Gasteiger partial charge in [0.05, 0.1) is 13.1 Å². The number of β-lactam (4-membered cyclic amide) rings is 2. The van der Waals surface area contributed by atoms with E-state index in [1.807, 2.05) is 6.07 Å². The minimum atomic E-state index is -4.38. The van der Waals surface area contributed by atoms with Crippen LogP contribution in [-0.4, -0.2) is 135 Å². The van der Waals surface area contributed by atoms with Crippen LogP contribution in [0.2, 0.25) is 0 Å². The number of amides is 12. The number of benzene rings is 2. The van der Waals surface area contributed by atoms with Crippen molar-refractivity contribution in [1.29, 1.82) is 0 Å². The zero-order chi connectivity index (χ0) is 42.9. The van der Waals surface area contributed by atoms with Crippen molar-refractivity contribution in [2.24, 2.45) is 10.3 Å². The summed E-state index contributed by atoms with van der Waals surface area (Å²) in [6.45, 7) is 1.58. The second-order valence-electron chi connectivity index (χ2n) is 12.3. The molecule has 25 nitrogen and oxygen atoms in total. The molecule has 12 amide bonds. The minimum absolute atomic E-state index is 0.0310. The number of carbonyl (C=O) groups is 9. The van der Waals surface area contributed by atoms with Gasteiger partial charge in [-0.15, -0.1) is 0 Å². The van der Waals surface area contributed by atoms with Gasteiger partial charge in [0.2, 0.25) is 5.91 Å². The summed E-state index contributed by atoms with van der Waals surface area (Å²) in [6.07, 6.45) is -0.821. The molecule has 3 aliphatic rings. The summed E-state index contributed by atoms with van der Waals surface area (Å²) in [4.78, 5) is 112. The van der Waals surface area contributed by atoms with E-state index in [2.05, 4.69) is 21.1 Å². The normalized spacial score (nSPS) is 18.3. The molecule has 2 aromatic carbocycles. The van der Waals surface area contributed by atoms with Crippen LogP contribution in [0.3, 0.4) is 0 Å². The van der Waals surface area contributed by atoms with E-state index in [4.69, 9.17) is 9.88 Å². The molecule has 0 aromatic heterocycles. The number of piperazine rings is 1. The van der Waals surface area contributed by atoms with Crippen LogP contribution in [0, 0.1) is 0 Å². The lowest BCUT2D eigenvalue weighted by Crippen LogP contribution is -2.68. The maximum absolute atomic E-state index is 13.0. The predicted molar refractivity (Wildman–Crippen MR) is 194 cm³/mol. The van der Waals surface area contributed by atoms with E-state index in [9.17, 15) is 60.0 Å². The molecule has 27 heteroatoms. The van der Waals surface area contributed by atoms with Crippen molar-refractivity contribution in [3.63, 3.8) is 0 Å². The van der Waals surface area contributed by atoms with Gasteiger partial charge in [-0.05, 0) is 18.1 Å². The SMILES string of the molecule is CCN1CCN(C(=O)NC(C(=O)N[C@H]2CN(C(=O)NS(N)(=O)=O)C2=O)c2ccccc2)C(=O)C1=O.NS(=O)(=O)NC(=O)N1C[C@H](NC(=O)OCc2ccccc2)C1=O. The van der Waals surface area contributed by atoms with Crippen LogP contribution in [0.25, 0.3) is 0 Å². The Balaban J connectivity index is 0.000000280. The van der Waals surface area contributed by atoms with Crippen molar-refractivity contribution < 1.29 is 64.7 Å². The molecule has 0 saturated carbocycles. The lowest BCUT2D eigenvalue weighted by atomic mass is 10.0. The highest BCUT2D eigenvalue weighted by Gasteiger charge is 2.45. The molecule has 0 bridgehead atoms. The number of nitrogens with zero attached hydrogens (tertiary/aromatic N) is 4. The van der Waals surface area contributed by atoms with Crippen molar-refractivity contribution in [2.45, 2.75) is 31.7 Å². The number of hydrogen-bond donors (Lipinski definition) is 7. The smallest absolute Gasteiger partial charge is 0.408 e. The van der Waals surface area contributed by atoms with Crippen LogP contribution in [0.1, 0.15) is 24.1 Å². The van der Waals surface area contributed by atoms with Gasteiger partial charge in [-0.1, -0.05) is 60.7 Å². The molecular weight excluding hydrogens is 815 g/mol. The van der Waals surface area contributed by atoms with Gasteiger partial charge in [-0.2, -0.15) is 16.8 Å². The average Bonchev–Trinajstić information content (AvgIpc) is 3.16. The van der Waals surface area contributed by atoms with Gasteiger partial charge in [0, 0.05) is 19.6 Å². The second-order valence-corrected chi connectivity index (χ2v) is 14.8. The molecule has 3 fully saturated rings. The molecule has 312 valence electrons. The zero-order valence-corrected chi connectivity index (χ0v) is 31.9. The third kappa shape index (κ3) is 11.7. The first-order valence-electron chi connectivity index (χ1n) is 16.7. The lowest BCUT2D eigenvalue weighted by molar-refractivity contribution is -0.153. The first kappa shape index (κ1) is 44.0. The number of imide groups is 3. The van der Waals surface area contributed by atoms with E-state index in [-0.39, 0.29) is 32.8 Å². The lowest BCUT2D eigenvalue weighted by Gasteiger charge is -2.37. The number of urea groups is 3. The second kappa shape index (κ2) is 18.5. The highest BCUT2D eigenvalue weighted by Crippen LogP contribution is 2.18. The topological polar surface area (TPSA) is 356 Å². The van der Waals surface area contributed by atoms with Crippen LogP contribution in [0.5, 0.6) is 0 Å². The highest BCUT2D eigenvalue weighted by atomic mass is 32.2. The largest absolute Gasteiger partial charge is 0.445 e. The zero-order valence-electron chi connectivity index (χ0n) is 30.2. The average molecular weight is 852 g/mol. The minimum Gasteiger partial charge on any atom is -0.445 e. The van der Waals surface area contributed by atoms with Gasteiger partial charge in [-0.25, -0.2) is 38.9 Å². The van der Waals surface area contributed by atoms with E-state index in [1.54, 1.807) is 49.4 Å². The van der Waals surface area contributed by atoms with Crippen molar-refractivity contribution in [3.05, 3.63) is 71.8 Å². The number of likely N-dealkylation sites (tertiary alicyclic amines) is 2. The van der Waals surface area contributed by atoms with E-state index >= 15 is 0 Å². The fourth-order valence-corrected chi connectivity index (χ4v) is 5.97. The summed E-state index contributed by atoms with van der Waals surface area (Å²) < 4.78 is 51.1. The number of likely N-dealkylation sites (N-methyl/N-ethyl adjacent to an activating group) is 1. The molecular formula is C31H37N11O14S2. The number of nitrogens with two attached hydrogens (primary N) is 2. The number of alkyl carbamates (subject to hydrolysis) is 1. The number of rotatable bonds is 10. The van der Waals surface area contributed by atoms with Crippen LogP contribution in [0.15, 0.2) is 60.7 Å². The predicted octanol–water partition coefficient (Wildman–Crippen LogP) is -3.60. The summed E-state index contributed by atoms with van der Waals surface area (Å²) in [6, 6.07) is 9.95. The molecule has 0 radical (unpaired) electrons. The van der Waals surface area contributed by atoms with Crippen LogP contribution < -0.4 is 35.7 Å². The van der Waals surface area contributed by atoms with Gasteiger partial charge >= 0.3 is 36.0 Å². The van der Waals surface area contributed by atoms with Gasteiger partial charge < -0.3 is 25.6 Å². The Morgan fingerprint density at radius 1 is 0.707 bits per heavy atom. The first-order valence-corrected chi connectivity index (χ1v) is 19.8. The third-order valence-corrected chi connectivity index (χ3v) is 9.15. The molecule has 3 aliphatic heterocycles. The van der Waals surface area contributed by atoms with Gasteiger partial charge in [-0.3, -0.25) is 38.7 Å². The number of carbonyl (C=O) groups excluding carboxylic acids is 9. The standard InChI is InChI=1S/C19H23N7O8S.C12H14N4O6S/c1-2-24-8-9-25(17(30)16(24)29)18(31)22-13(11-6-4-3-5-7-11)14(27)21-12-10-26(15(12)28)19(32)23-35(20,33)34;13-23(20,21)15-11(18)16-6-9(10(16)17)14-12(19)22-7-8-4-2-1-3-5-8/h3-7,12-13H,2,8-10H2,1H3,(H,21,27)(H,22,31)(H,23,32)(H2,20,33,34);1-5,9H,6-7H2,(H,14,19)(H,15,18)(H2,13,20,21)/t12-,13?;9-/m00/s1.